The molecule has 0 amide bonds. The van der Waals surface area contributed by atoms with Gasteiger partial charge in [-0.1, -0.05) is 22.9 Å². The molecule has 1 aromatic heterocycles. The monoisotopic (exact) mass is 403 g/mol. The van der Waals surface area contributed by atoms with Crippen LogP contribution in [0.4, 0.5) is 0 Å². The maximum Gasteiger partial charge on any atom is 0.250 e. The van der Waals surface area contributed by atoms with Crippen molar-refractivity contribution in [2.75, 3.05) is 6.54 Å². The van der Waals surface area contributed by atoms with Crippen molar-refractivity contribution in [1.29, 1.82) is 0 Å². The van der Waals surface area contributed by atoms with E-state index >= 15 is 0 Å². The van der Waals surface area contributed by atoms with Gasteiger partial charge in [0, 0.05) is 11.4 Å². The van der Waals surface area contributed by atoms with Crippen LogP contribution in [0.3, 0.4) is 0 Å². The highest BCUT2D eigenvalue weighted by molar-refractivity contribution is 9.11. The highest BCUT2D eigenvalue weighted by Crippen LogP contribution is 2.30. The number of nitrogens with one attached hydrogen (secondary N) is 1. The fourth-order valence-corrected chi connectivity index (χ4v) is 4.74. The summed E-state index contributed by atoms with van der Waals surface area (Å²) >= 11 is 8.05. The van der Waals surface area contributed by atoms with Gasteiger partial charge in [0.1, 0.15) is 4.21 Å². The molecule has 0 saturated heterocycles. The second-order valence-corrected chi connectivity index (χ2v) is 9.37. The van der Waals surface area contributed by atoms with Crippen LogP contribution in [0.5, 0.6) is 0 Å². The number of aryl methyl sites for hydroxylation is 1. The molecule has 1 aromatic rings. The Kier molecular flexibility index (Phi) is 6.12. The molecule has 0 fully saturated rings. The molecule has 3 nitrogen and oxygen atoms in total. The molecule has 0 aliphatic heterocycles. The summed E-state index contributed by atoms with van der Waals surface area (Å²) < 4.78 is 27.7. The van der Waals surface area contributed by atoms with Crippen LogP contribution in [-0.2, 0) is 10.0 Å². The summed E-state index contributed by atoms with van der Waals surface area (Å²) in [7, 11) is -3.35. The topological polar surface area (TPSA) is 46.2 Å². The van der Waals surface area contributed by atoms with Gasteiger partial charge in [0.25, 0.3) is 0 Å². The van der Waals surface area contributed by atoms with Crippen LogP contribution in [-0.4, -0.2) is 19.8 Å². The van der Waals surface area contributed by atoms with E-state index in [1.165, 1.54) is 11.3 Å². The van der Waals surface area contributed by atoms with Crippen LogP contribution < -0.4 is 4.72 Å². The fourth-order valence-electron chi connectivity index (χ4n) is 1.19. The molecule has 0 bridgehead atoms. The third kappa shape index (κ3) is 4.63. The smallest absolute Gasteiger partial charge is 0.210 e. The lowest BCUT2D eigenvalue weighted by Crippen LogP contribution is -2.25. The van der Waals surface area contributed by atoms with Gasteiger partial charge < -0.3 is 0 Å². The predicted molar refractivity (Wildman–Crippen MR) is 79.6 cm³/mol. The Balaban J connectivity index is 2.63. The number of rotatable bonds is 6. The number of thiophene rings is 1. The van der Waals surface area contributed by atoms with E-state index in [4.69, 9.17) is 0 Å². The zero-order chi connectivity index (χ0) is 13.1. The van der Waals surface area contributed by atoms with Crippen LogP contribution in [0.1, 0.15) is 25.3 Å². The van der Waals surface area contributed by atoms with E-state index in [-0.39, 0.29) is 0 Å². The zero-order valence-electron chi connectivity index (χ0n) is 9.66. The Morgan fingerprint density at radius 1 is 1.53 bits per heavy atom. The summed E-state index contributed by atoms with van der Waals surface area (Å²) in [6.07, 6.45) is 1.78. The Morgan fingerprint density at radius 2 is 2.18 bits per heavy atom. The first kappa shape index (κ1) is 15.6. The van der Waals surface area contributed by atoms with Crippen LogP contribution >= 0.6 is 43.2 Å². The molecule has 1 rings (SSSR count). The van der Waals surface area contributed by atoms with Gasteiger partial charge in [-0.2, -0.15) is 0 Å². The van der Waals surface area contributed by atoms with E-state index in [1.54, 1.807) is 6.07 Å². The molecule has 7 heteroatoms. The van der Waals surface area contributed by atoms with Gasteiger partial charge in [0.2, 0.25) is 10.0 Å². The van der Waals surface area contributed by atoms with Crippen molar-refractivity contribution < 1.29 is 8.42 Å². The molecule has 0 aliphatic carbocycles. The van der Waals surface area contributed by atoms with Crippen LogP contribution in [0.2, 0.25) is 0 Å². The predicted octanol–water partition coefficient (Wildman–Crippen LogP) is 3.66. The second-order valence-electron chi connectivity index (χ2n) is 3.71. The Morgan fingerprint density at radius 3 is 2.65 bits per heavy atom. The number of hydrogen-bond acceptors (Lipinski definition) is 3. The van der Waals surface area contributed by atoms with Gasteiger partial charge >= 0.3 is 0 Å². The Hall–Kier alpha value is 0.570. The maximum absolute atomic E-state index is 11.9. The van der Waals surface area contributed by atoms with E-state index in [9.17, 15) is 8.42 Å². The average Bonchev–Trinajstić information content (AvgIpc) is 2.59. The molecule has 1 heterocycles. The van der Waals surface area contributed by atoms with Crippen molar-refractivity contribution in [2.45, 2.75) is 35.7 Å². The molecular formula is C10H15Br2NO2S2. The lowest BCUT2D eigenvalue weighted by Gasteiger charge is -2.07. The first-order valence-corrected chi connectivity index (χ1v) is 9.27. The van der Waals surface area contributed by atoms with Gasteiger partial charge in [0.15, 0.2) is 0 Å². The first-order chi connectivity index (χ1) is 7.86. The maximum atomic E-state index is 11.9. The average molecular weight is 405 g/mol. The van der Waals surface area contributed by atoms with Crippen molar-refractivity contribution in [3.63, 3.8) is 0 Å². The lowest BCUT2D eigenvalue weighted by molar-refractivity contribution is 0.579. The SMILES string of the molecule is CCC(Br)CCNS(=O)(=O)c1cc(C)c(Br)s1. The normalized spacial score (nSPS) is 13.9. The molecule has 0 aromatic carbocycles. The van der Waals surface area contributed by atoms with E-state index in [2.05, 4.69) is 43.5 Å². The molecule has 0 saturated carbocycles. The van der Waals surface area contributed by atoms with Crippen molar-refractivity contribution >= 4 is 53.2 Å². The molecular weight excluding hydrogens is 390 g/mol. The number of hydrogen-bond donors (Lipinski definition) is 1. The number of alkyl halides is 1. The summed E-state index contributed by atoms with van der Waals surface area (Å²) in [5, 5.41) is 0. The van der Waals surface area contributed by atoms with Crippen LogP contribution in [0.25, 0.3) is 0 Å². The Labute approximate surface area is 123 Å². The van der Waals surface area contributed by atoms with Gasteiger partial charge in [-0.3, -0.25) is 0 Å². The molecule has 17 heavy (non-hydrogen) atoms. The first-order valence-electron chi connectivity index (χ1n) is 5.26. The molecule has 0 aliphatic rings. The minimum atomic E-state index is -3.35. The van der Waals surface area contributed by atoms with E-state index in [1.807, 2.05) is 6.92 Å². The largest absolute Gasteiger partial charge is 0.250 e. The van der Waals surface area contributed by atoms with Crippen molar-refractivity contribution in [3.05, 3.63) is 15.4 Å². The van der Waals surface area contributed by atoms with Gasteiger partial charge in [-0.25, -0.2) is 13.1 Å². The standard InChI is InChI=1S/C10H15Br2NO2S2/c1-3-8(11)4-5-13-17(14,15)9-6-7(2)10(12)16-9/h6,8,13H,3-5H2,1-2H3. The van der Waals surface area contributed by atoms with Gasteiger partial charge in [-0.15, -0.1) is 11.3 Å². The molecule has 1 N–H and O–H groups in total. The fraction of sp³-hybridized carbons (Fsp3) is 0.600. The van der Waals surface area contributed by atoms with E-state index in [0.29, 0.717) is 15.6 Å². The van der Waals surface area contributed by atoms with Gasteiger partial charge in [-0.05, 0) is 47.3 Å². The third-order valence-corrected chi connectivity index (χ3v) is 7.47. The highest BCUT2D eigenvalue weighted by Gasteiger charge is 2.17. The molecule has 1 unspecified atom stereocenters. The van der Waals surface area contributed by atoms with Crippen molar-refractivity contribution in [2.24, 2.45) is 0 Å². The molecule has 0 radical (unpaired) electrons. The molecule has 0 spiro atoms. The third-order valence-electron chi connectivity index (χ3n) is 2.29. The quantitative estimate of drug-likeness (QED) is 0.735. The van der Waals surface area contributed by atoms with E-state index in [0.717, 1.165) is 22.2 Å². The van der Waals surface area contributed by atoms with Crippen molar-refractivity contribution in [3.8, 4) is 0 Å². The molecule has 1 atom stereocenters. The summed E-state index contributed by atoms with van der Waals surface area (Å²) in [4.78, 5) is 0.363. The number of halogens is 2. The molecule has 98 valence electrons. The van der Waals surface area contributed by atoms with Crippen molar-refractivity contribution in [1.82, 2.24) is 4.72 Å². The summed E-state index contributed by atoms with van der Waals surface area (Å²) in [6, 6.07) is 1.68. The minimum absolute atomic E-state index is 0.363. The van der Waals surface area contributed by atoms with Crippen LogP contribution in [0, 0.1) is 6.92 Å². The minimum Gasteiger partial charge on any atom is -0.210 e. The second kappa shape index (κ2) is 6.65. The van der Waals surface area contributed by atoms with E-state index < -0.39 is 10.0 Å². The summed E-state index contributed by atoms with van der Waals surface area (Å²) in [5.74, 6) is 0. The summed E-state index contributed by atoms with van der Waals surface area (Å²) in [6.45, 7) is 4.40. The lowest BCUT2D eigenvalue weighted by atomic mass is 10.2. The van der Waals surface area contributed by atoms with Crippen LogP contribution in [0.15, 0.2) is 14.1 Å². The number of sulfonamides is 1. The highest BCUT2D eigenvalue weighted by atomic mass is 79.9. The Bertz CT molecular complexity index is 451. The summed E-state index contributed by atoms with van der Waals surface area (Å²) in [5.41, 5.74) is 0.947. The zero-order valence-corrected chi connectivity index (χ0v) is 14.5. The van der Waals surface area contributed by atoms with Gasteiger partial charge in [0.05, 0.1) is 3.79 Å².